The van der Waals surface area contributed by atoms with Gasteiger partial charge >= 0.3 is 0 Å². The van der Waals surface area contributed by atoms with Crippen molar-refractivity contribution in [2.75, 3.05) is 26.4 Å². The molecule has 3 rings (SSSR count). The number of hydrogen-bond donors (Lipinski definition) is 12. The van der Waals surface area contributed by atoms with E-state index >= 15 is 0 Å². The van der Waals surface area contributed by atoms with Crippen LogP contribution in [0.25, 0.3) is 0 Å². The third kappa shape index (κ3) is 44.6. The molecular weight excluding hydrogens is 1330 g/mol. The molecule has 3 heterocycles. The zero-order valence-corrected chi connectivity index (χ0v) is 64.7. The highest BCUT2D eigenvalue weighted by atomic mass is 16.8. The number of ether oxygens (including phenoxy) is 6. The maximum Gasteiger partial charge on any atom is 0.220 e. The Labute approximate surface area is 633 Å². The van der Waals surface area contributed by atoms with Gasteiger partial charge in [-0.15, -0.1) is 0 Å². The number of hydrogen-bond acceptors (Lipinski definition) is 18. The quantitative estimate of drug-likeness (QED) is 0.0199. The molecule has 3 saturated heterocycles. The minimum atomic E-state index is -1.98. The van der Waals surface area contributed by atoms with Gasteiger partial charge in [0.25, 0.3) is 0 Å². The van der Waals surface area contributed by atoms with E-state index in [4.69, 9.17) is 28.4 Å². The Morgan fingerprint density at radius 1 is 0.352 bits per heavy atom. The summed E-state index contributed by atoms with van der Waals surface area (Å²) in [5, 5.41) is 121. The van der Waals surface area contributed by atoms with E-state index in [-0.39, 0.29) is 18.9 Å². The summed E-state index contributed by atoms with van der Waals surface area (Å²) in [6.07, 6.45) is 64.2. The molecule has 0 aromatic rings. The molecule has 17 atom stereocenters. The highest BCUT2D eigenvalue weighted by Crippen LogP contribution is 2.33. The van der Waals surface area contributed by atoms with Gasteiger partial charge in [0.2, 0.25) is 5.91 Å². The Kier molecular flexibility index (Phi) is 59.0. The second kappa shape index (κ2) is 65.0. The molecule has 17 unspecified atom stereocenters. The predicted octanol–water partition coefficient (Wildman–Crippen LogP) is 14.3. The van der Waals surface area contributed by atoms with Crippen LogP contribution in [0.15, 0.2) is 122 Å². The minimum Gasteiger partial charge on any atom is -0.394 e. The molecule has 0 aromatic carbocycles. The number of allylic oxidation sites excluding steroid dienone is 20. The second-order valence-corrected chi connectivity index (χ2v) is 28.9. The van der Waals surface area contributed by atoms with Crippen LogP contribution in [0.2, 0.25) is 0 Å². The standard InChI is InChI=1S/C86H147NO18/c1-3-5-7-9-11-13-15-17-19-21-23-25-27-28-29-30-31-32-33-34-35-36-37-38-39-40-42-44-46-48-50-52-54-56-58-60-62-64-74(92)87-69(70(91)63-61-59-57-55-53-51-49-47-45-43-41-26-24-22-20-18-16-14-12-10-8-6-4-2)68-100-84-80(98)77(95)82(72(66-89)102-84)105-86-81(99)78(96)83(73(67-90)103-86)104-85-79(97)76(94)75(93)71(65-88)101-85/h5,7,11,13,17,19,23,25,28-29,31-32,34-35,37-38,40,42,46,48,69-73,75-86,88-91,93-99H,3-4,6,8-10,12,14-16,18,20-22,24,26-27,30,33,36,39,41,43-45,47,49-68H2,1-2H3,(H,87,92)/b7-5-,13-11-,19-17-,25-23-,29-28-,32-31-,35-34-,38-37-,42-40-,48-46-. The van der Waals surface area contributed by atoms with Crippen LogP contribution in [0, 0.1) is 0 Å². The van der Waals surface area contributed by atoms with Gasteiger partial charge in [-0.3, -0.25) is 4.79 Å². The van der Waals surface area contributed by atoms with Crippen molar-refractivity contribution in [3.8, 4) is 0 Å². The topological polar surface area (TPSA) is 307 Å². The van der Waals surface area contributed by atoms with Crippen LogP contribution in [0.5, 0.6) is 0 Å². The molecule has 105 heavy (non-hydrogen) atoms. The first-order valence-corrected chi connectivity index (χ1v) is 41.3. The van der Waals surface area contributed by atoms with Crippen LogP contribution >= 0.6 is 0 Å². The summed E-state index contributed by atoms with van der Waals surface area (Å²) in [7, 11) is 0. The number of aliphatic hydroxyl groups is 11. The molecule has 12 N–H and O–H groups in total. The zero-order chi connectivity index (χ0) is 76.0. The van der Waals surface area contributed by atoms with Crippen molar-refractivity contribution in [1.29, 1.82) is 0 Å². The van der Waals surface area contributed by atoms with E-state index in [1.165, 1.54) is 122 Å². The summed E-state index contributed by atoms with van der Waals surface area (Å²) in [5.74, 6) is -0.259. The molecule has 1 amide bonds. The second-order valence-electron chi connectivity index (χ2n) is 28.9. The molecular formula is C86H147NO18. The normalized spacial score (nSPS) is 26.4. The molecule has 19 nitrogen and oxygen atoms in total. The lowest BCUT2D eigenvalue weighted by molar-refractivity contribution is -0.379. The highest BCUT2D eigenvalue weighted by molar-refractivity contribution is 5.76. The number of unbranched alkanes of at least 4 members (excludes halogenated alkanes) is 28. The SMILES string of the molecule is CC/C=C\C/C=C\C/C=C\C/C=C\C/C=C\C/C=C\C/C=C\C/C=C\C/C=C\C/C=C\CCCCCCCCC(=O)NC(COC1OC(CO)C(OC2OC(CO)C(OC3OC(CO)C(O)C(O)C3O)C(O)C2O)C(O)C1O)C(O)CCCCCCCCCCCCCCCCCCCCCCCCC. The fourth-order valence-corrected chi connectivity index (χ4v) is 13.2. The van der Waals surface area contributed by atoms with E-state index in [0.717, 1.165) is 128 Å². The fourth-order valence-electron chi connectivity index (χ4n) is 13.2. The van der Waals surface area contributed by atoms with Crippen molar-refractivity contribution in [2.24, 2.45) is 0 Å². The molecule has 0 radical (unpaired) electrons. The Morgan fingerprint density at radius 3 is 1.03 bits per heavy atom. The van der Waals surface area contributed by atoms with Gasteiger partial charge in [-0.1, -0.05) is 309 Å². The lowest BCUT2D eigenvalue weighted by atomic mass is 9.96. The van der Waals surface area contributed by atoms with E-state index in [2.05, 4.69) is 141 Å². The van der Waals surface area contributed by atoms with Crippen LogP contribution in [0.1, 0.15) is 284 Å². The maximum absolute atomic E-state index is 13.5. The molecule has 604 valence electrons. The van der Waals surface area contributed by atoms with Gasteiger partial charge in [0.1, 0.15) is 73.2 Å². The molecule has 3 aliphatic rings. The van der Waals surface area contributed by atoms with Crippen LogP contribution in [0.4, 0.5) is 0 Å². The number of nitrogens with one attached hydrogen (secondary N) is 1. The lowest BCUT2D eigenvalue weighted by Gasteiger charge is -2.48. The summed E-state index contributed by atoms with van der Waals surface area (Å²) < 4.78 is 34.5. The summed E-state index contributed by atoms with van der Waals surface area (Å²) >= 11 is 0. The van der Waals surface area contributed by atoms with Crippen molar-refractivity contribution in [3.05, 3.63) is 122 Å². The number of carbonyl (C=O) groups is 1. The van der Waals surface area contributed by atoms with Gasteiger partial charge < -0.3 is 89.9 Å². The van der Waals surface area contributed by atoms with Crippen LogP contribution in [-0.4, -0.2) is 193 Å². The number of amides is 1. The molecule has 0 aromatic heterocycles. The predicted molar refractivity (Wildman–Crippen MR) is 420 cm³/mol. The van der Waals surface area contributed by atoms with Gasteiger partial charge in [-0.25, -0.2) is 0 Å². The van der Waals surface area contributed by atoms with Crippen molar-refractivity contribution in [2.45, 2.75) is 388 Å². The van der Waals surface area contributed by atoms with Crippen molar-refractivity contribution >= 4 is 5.91 Å². The van der Waals surface area contributed by atoms with Gasteiger partial charge in [-0.2, -0.15) is 0 Å². The third-order valence-electron chi connectivity index (χ3n) is 19.8. The van der Waals surface area contributed by atoms with Crippen LogP contribution in [0.3, 0.4) is 0 Å². The van der Waals surface area contributed by atoms with E-state index in [1.807, 2.05) is 0 Å². The molecule has 0 spiro atoms. The molecule has 3 fully saturated rings. The van der Waals surface area contributed by atoms with Gasteiger partial charge in [0.15, 0.2) is 18.9 Å². The van der Waals surface area contributed by atoms with Crippen molar-refractivity contribution < 1.29 is 89.4 Å². The Hall–Kier alpha value is -3.81. The highest BCUT2D eigenvalue weighted by Gasteiger charge is 2.54. The summed E-state index contributed by atoms with van der Waals surface area (Å²) in [5.41, 5.74) is 0. The van der Waals surface area contributed by atoms with Gasteiger partial charge in [-0.05, 0) is 89.9 Å². The molecule has 0 saturated carbocycles. The smallest absolute Gasteiger partial charge is 0.220 e. The zero-order valence-electron chi connectivity index (χ0n) is 64.7. The first kappa shape index (κ1) is 95.4. The number of aliphatic hydroxyl groups excluding tert-OH is 11. The monoisotopic (exact) mass is 1480 g/mol. The van der Waals surface area contributed by atoms with E-state index in [9.17, 15) is 61.0 Å². The first-order valence-electron chi connectivity index (χ1n) is 41.3. The van der Waals surface area contributed by atoms with E-state index in [0.29, 0.717) is 12.8 Å². The summed E-state index contributed by atoms with van der Waals surface area (Å²) in [4.78, 5) is 13.5. The lowest BCUT2D eigenvalue weighted by Crippen LogP contribution is -2.66. The van der Waals surface area contributed by atoms with Gasteiger partial charge in [0.05, 0.1) is 38.6 Å². The molecule has 19 heteroatoms. The van der Waals surface area contributed by atoms with Crippen molar-refractivity contribution in [3.63, 3.8) is 0 Å². The van der Waals surface area contributed by atoms with E-state index < -0.39 is 124 Å². The first-order chi connectivity index (χ1) is 51.3. The largest absolute Gasteiger partial charge is 0.394 e. The molecule has 0 bridgehead atoms. The number of carbonyl (C=O) groups excluding carboxylic acids is 1. The maximum atomic E-state index is 13.5. The summed E-state index contributed by atoms with van der Waals surface area (Å²) in [6.45, 7) is 1.69. The summed E-state index contributed by atoms with van der Waals surface area (Å²) in [6, 6.07) is -0.906. The Balaban J connectivity index is 1.37. The van der Waals surface area contributed by atoms with Crippen LogP contribution < -0.4 is 5.32 Å². The number of rotatable bonds is 64. The fraction of sp³-hybridized carbons (Fsp3) is 0.756. The average molecular weight is 1480 g/mol. The third-order valence-corrected chi connectivity index (χ3v) is 19.8. The van der Waals surface area contributed by atoms with Gasteiger partial charge in [0, 0.05) is 6.42 Å². The van der Waals surface area contributed by atoms with E-state index in [1.54, 1.807) is 0 Å². The minimum absolute atomic E-state index is 0.242. The average Bonchev–Trinajstić information content (AvgIpc) is 0.779. The Morgan fingerprint density at radius 2 is 0.657 bits per heavy atom. The van der Waals surface area contributed by atoms with Crippen LogP contribution in [-0.2, 0) is 33.2 Å². The molecule has 3 aliphatic heterocycles. The molecule has 0 aliphatic carbocycles. The Bertz CT molecular complexity index is 2370. The van der Waals surface area contributed by atoms with Crippen molar-refractivity contribution in [1.82, 2.24) is 5.32 Å².